The van der Waals surface area contributed by atoms with Crippen molar-refractivity contribution in [3.05, 3.63) is 35.5 Å². The summed E-state index contributed by atoms with van der Waals surface area (Å²) in [6.45, 7) is 1.76. The van der Waals surface area contributed by atoms with E-state index in [4.69, 9.17) is 10.9 Å². The van der Waals surface area contributed by atoms with Crippen LogP contribution >= 0.6 is 0 Å². The molecule has 2 rings (SSSR count). The Bertz CT molecular complexity index is 617. The summed E-state index contributed by atoms with van der Waals surface area (Å²) in [4.78, 5) is 19.8. The number of aromatic nitrogens is 4. The number of oxime groups is 1. The van der Waals surface area contributed by atoms with Gasteiger partial charge in [0.2, 0.25) is 0 Å². The smallest absolute Gasteiger partial charge is 0.277 e. The zero-order chi connectivity index (χ0) is 13.8. The molecule has 0 aliphatic rings. The van der Waals surface area contributed by atoms with Crippen molar-refractivity contribution in [3.63, 3.8) is 0 Å². The Labute approximate surface area is 107 Å². The molecule has 0 atom stereocenters. The molecule has 2 aromatic heterocycles. The van der Waals surface area contributed by atoms with Gasteiger partial charge in [-0.3, -0.25) is 14.9 Å². The van der Waals surface area contributed by atoms with Crippen LogP contribution in [0.2, 0.25) is 0 Å². The average molecular weight is 261 g/mol. The molecule has 5 N–H and O–H groups in total. The lowest BCUT2D eigenvalue weighted by atomic mass is 10.3. The Hall–Kier alpha value is -2.97. The maximum absolute atomic E-state index is 11.9. The molecule has 0 aliphatic heterocycles. The Balaban J connectivity index is 2.20. The van der Waals surface area contributed by atoms with Crippen molar-refractivity contribution in [1.82, 2.24) is 20.2 Å². The number of aryl methyl sites for hydroxylation is 1. The highest BCUT2D eigenvalue weighted by Crippen LogP contribution is 2.11. The first-order valence-electron chi connectivity index (χ1n) is 5.23. The van der Waals surface area contributed by atoms with Crippen LogP contribution in [0.3, 0.4) is 0 Å². The van der Waals surface area contributed by atoms with E-state index in [9.17, 15) is 4.79 Å². The first-order chi connectivity index (χ1) is 9.11. The molecule has 98 valence electrons. The Morgan fingerprint density at radius 1 is 1.42 bits per heavy atom. The average Bonchev–Trinajstić information content (AvgIpc) is 2.86. The van der Waals surface area contributed by atoms with Gasteiger partial charge in [0, 0.05) is 6.20 Å². The molecule has 9 nitrogen and oxygen atoms in total. The lowest BCUT2D eigenvalue weighted by Crippen LogP contribution is -2.19. The van der Waals surface area contributed by atoms with Crippen LogP contribution < -0.4 is 11.1 Å². The van der Waals surface area contributed by atoms with Gasteiger partial charge in [-0.25, -0.2) is 4.98 Å². The third-order valence-corrected chi connectivity index (χ3v) is 2.28. The highest BCUT2D eigenvalue weighted by molar-refractivity contribution is 6.08. The minimum Gasteiger partial charge on any atom is -0.409 e. The van der Waals surface area contributed by atoms with Crippen molar-refractivity contribution >= 4 is 17.6 Å². The van der Waals surface area contributed by atoms with E-state index in [0.29, 0.717) is 5.69 Å². The van der Waals surface area contributed by atoms with E-state index in [1.165, 1.54) is 18.6 Å². The van der Waals surface area contributed by atoms with E-state index >= 15 is 0 Å². The quantitative estimate of drug-likeness (QED) is 0.262. The summed E-state index contributed by atoms with van der Waals surface area (Å²) in [5.41, 5.74) is 6.56. The number of nitrogens with zero attached hydrogens (tertiary/aromatic N) is 4. The van der Waals surface area contributed by atoms with Crippen LogP contribution in [0.15, 0.2) is 23.7 Å². The van der Waals surface area contributed by atoms with E-state index < -0.39 is 5.91 Å². The number of carbonyl (C=O) groups excluding carboxylic acids is 1. The fourth-order valence-corrected chi connectivity index (χ4v) is 1.32. The standard InChI is InChI=1S/C10H11N7O2/c1-5-2-13-7(4-12-5)10(18)15-9-6(3-14-16-9)8(11)17-19/h2-4,19H,1H3,(H2,11,17)(H2,14,15,16,18). The molecule has 19 heavy (non-hydrogen) atoms. The normalized spacial score (nSPS) is 11.3. The van der Waals surface area contributed by atoms with Gasteiger partial charge in [-0.2, -0.15) is 5.10 Å². The van der Waals surface area contributed by atoms with E-state index in [-0.39, 0.29) is 22.9 Å². The van der Waals surface area contributed by atoms with Gasteiger partial charge in [0.05, 0.1) is 23.7 Å². The summed E-state index contributed by atoms with van der Waals surface area (Å²) >= 11 is 0. The van der Waals surface area contributed by atoms with Crippen LogP contribution in [0.5, 0.6) is 0 Å². The van der Waals surface area contributed by atoms with Gasteiger partial charge in [0.15, 0.2) is 5.84 Å². The number of H-pyrrole nitrogens is 1. The number of amidine groups is 1. The van der Waals surface area contributed by atoms with Gasteiger partial charge in [-0.15, -0.1) is 0 Å². The van der Waals surface area contributed by atoms with Crippen molar-refractivity contribution in [2.45, 2.75) is 6.92 Å². The third-order valence-electron chi connectivity index (χ3n) is 2.28. The molecule has 1 amide bonds. The Morgan fingerprint density at radius 2 is 2.21 bits per heavy atom. The van der Waals surface area contributed by atoms with Crippen molar-refractivity contribution in [2.75, 3.05) is 5.32 Å². The largest absolute Gasteiger partial charge is 0.409 e. The molecule has 0 saturated carbocycles. The summed E-state index contributed by atoms with van der Waals surface area (Å²) in [7, 11) is 0. The monoisotopic (exact) mass is 261 g/mol. The Morgan fingerprint density at radius 3 is 2.84 bits per heavy atom. The zero-order valence-corrected chi connectivity index (χ0v) is 9.95. The molecule has 2 aromatic rings. The molecule has 0 spiro atoms. The summed E-state index contributed by atoms with van der Waals surface area (Å²) in [6.07, 6.45) is 4.15. The van der Waals surface area contributed by atoms with Crippen LogP contribution in [0, 0.1) is 6.92 Å². The van der Waals surface area contributed by atoms with Gasteiger partial charge < -0.3 is 16.3 Å². The van der Waals surface area contributed by atoms with Gasteiger partial charge in [0.1, 0.15) is 11.5 Å². The number of hydrogen-bond donors (Lipinski definition) is 4. The Kier molecular flexibility index (Phi) is 3.37. The molecular formula is C10H11N7O2. The summed E-state index contributed by atoms with van der Waals surface area (Å²) in [6, 6.07) is 0. The molecular weight excluding hydrogens is 250 g/mol. The molecule has 0 fully saturated rings. The number of amides is 1. The van der Waals surface area contributed by atoms with Crippen molar-refractivity contribution in [3.8, 4) is 0 Å². The molecule has 0 saturated heterocycles. The maximum Gasteiger partial charge on any atom is 0.277 e. The molecule has 0 bridgehead atoms. The lowest BCUT2D eigenvalue weighted by molar-refractivity contribution is 0.102. The fraction of sp³-hybridized carbons (Fsp3) is 0.100. The van der Waals surface area contributed by atoms with Gasteiger partial charge in [0.25, 0.3) is 5.91 Å². The lowest BCUT2D eigenvalue weighted by Gasteiger charge is -2.04. The van der Waals surface area contributed by atoms with Crippen molar-refractivity contribution in [2.24, 2.45) is 10.9 Å². The summed E-state index contributed by atoms with van der Waals surface area (Å²) in [5, 5.41) is 20.2. The predicted molar refractivity (Wildman–Crippen MR) is 65.8 cm³/mol. The van der Waals surface area contributed by atoms with Crippen molar-refractivity contribution in [1.29, 1.82) is 0 Å². The van der Waals surface area contributed by atoms with Crippen molar-refractivity contribution < 1.29 is 10.0 Å². The number of nitrogens with two attached hydrogens (primary N) is 1. The number of hydrogen-bond acceptors (Lipinski definition) is 6. The molecule has 0 radical (unpaired) electrons. The second kappa shape index (κ2) is 5.12. The van der Waals surface area contributed by atoms with Crippen LogP contribution in [-0.2, 0) is 0 Å². The van der Waals surface area contributed by atoms with E-state index in [0.717, 1.165) is 0 Å². The molecule has 9 heteroatoms. The molecule has 0 aromatic carbocycles. The minimum atomic E-state index is -0.483. The summed E-state index contributed by atoms with van der Waals surface area (Å²) in [5.74, 6) is -0.439. The molecule has 2 heterocycles. The van der Waals surface area contributed by atoms with Gasteiger partial charge >= 0.3 is 0 Å². The first-order valence-corrected chi connectivity index (χ1v) is 5.23. The summed E-state index contributed by atoms with van der Waals surface area (Å²) < 4.78 is 0. The second-order valence-electron chi connectivity index (χ2n) is 3.64. The third kappa shape index (κ3) is 2.65. The van der Waals surface area contributed by atoms with Crippen LogP contribution in [0.25, 0.3) is 0 Å². The number of anilines is 1. The van der Waals surface area contributed by atoms with E-state index in [2.05, 4.69) is 30.6 Å². The number of nitrogens with one attached hydrogen (secondary N) is 2. The predicted octanol–water partition coefficient (Wildman–Crippen LogP) is -0.145. The van der Waals surface area contributed by atoms with Gasteiger partial charge in [-0.05, 0) is 6.92 Å². The molecule has 0 unspecified atom stereocenters. The molecule has 0 aliphatic carbocycles. The fourth-order valence-electron chi connectivity index (χ4n) is 1.32. The highest BCUT2D eigenvalue weighted by Gasteiger charge is 2.14. The maximum atomic E-state index is 11.9. The minimum absolute atomic E-state index is 0.144. The topological polar surface area (TPSA) is 142 Å². The van der Waals surface area contributed by atoms with E-state index in [1.807, 2.05) is 0 Å². The van der Waals surface area contributed by atoms with Crippen LogP contribution in [-0.4, -0.2) is 37.1 Å². The SMILES string of the molecule is Cc1cnc(C(=O)Nc2[nH]ncc2C(N)=NO)cn1. The number of aromatic amines is 1. The zero-order valence-electron chi connectivity index (χ0n) is 9.95. The number of carbonyl (C=O) groups is 1. The van der Waals surface area contributed by atoms with Gasteiger partial charge in [-0.1, -0.05) is 5.16 Å². The second-order valence-corrected chi connectivity index (χ2v) is 3.64. The number of rotatable bonds is 3. The van der Waals surface area contributed by atoms with E-state index in [1.54, 1.807) is 6.92 Å². The van der Waals surface area contributed by atoms with Crippen LogP contribution in [0.4, 0.5) is 5.82 Å². The first kappa shape index (κ1) is 12.5. The highest BCUT2D eigenvalue weighted by atomic mass is 16.4. The van der Waals surface area contributed by atoms with Crippen LogP contribution in [0.1, 0.15) is 21.7 Å².